The molecule has 0 spiro atoms. The first-order valence-electron chi connectivity index (χ1n) is 10.9. The Morgan fingerprint density at radius 1 is 1.25 bits per heavy atom. The van der Waals surface area contributed by atoms with Gasteiger partial charge in [0.1, 0.15) is 12.2 Å². The fourth-order valence-electron chi connectivity index (χ4n) is 7.46. The Hall–Kier alpha value is -1.04. The summed E-state index contributed by atoms with van der Waals surface area (Å²) >= 11 is 0. The van der Waals surface area contributed by atoms with Crippen molar-refractivity contribution in [3.8, 4) is 0 Å². The Morgan fingerprint density at radius 2 is 2.00 bits per heavy atom. The van der Waals surface area contributed by atoms with Gasteiger partial charge in [0.05, 0.1) is 6.10 Å². The number of aliphatic hydroxyl groups excluding tert-OH is 1. The molecule has 4 aliphatic rings. The van der Waals surface area contributed by atoms with E-state index in [0.717, 1.165) is 25.7 Å². The first-order valence-corrected chi connectivity index (χ1v) is 10.9. The lowest BCUT2D eigenvalue weighted by Crippen LogP contribution is -2.62. The van der Waals surface area contributed by atoms with Gasteiger partial charge in [0.25, 0.3) is 0 Å². The highest BCUT2D eigenvalue weighted by Gasteiger charge is 2.68. The summed E-state index contributed by atoms with van der Waals surface area (Å²) in [5.41, 5.74) is -0.983. The molecule has 0 saturated heterocycles. The van der Waals surface area contributed by atoms with Crippen molar-refractivity contribution < 1.29 is 24.5 Å². The molecule has 156 valence electrons. The summed E-state index contributed by atoms with van der Waals surface area (Å²) in [5.74, 6) is 0.558. The molecular weight excluding hydrogens is 356 g/mol. The molecule has 0 amide bonds. The van der Waals surface area contributed by atoms with Crippen molar-refractivity contribution in [1.29, 1.82) is 0 Å². The fourth-order valence-corrected chi connectivity index (χ4v) is 7.46. The number of hydrogen-bond acceptors (Lipinski definition) is 5. The van der Waals surface area contributed by atoms with Gasteiger partial charge in [-0.1, -0.05) is 19.4 Å². The highest BCUT2D eigenvalue weighted by molar-refractivity contribution is 5.91. The molecule has 5 heteroatoms. The maximum atomic E-state index is 12.9. The van der Waals surface area contributed by atoms with Crippen LogP contribution in [-0.4, -0.2) is 46.7 Å². The molecule has 28 heavy (non-hydrogen) atoms. The van der Waals surface area contributed by atoms with Gasteiger partial charge in [0.2, 0.25) is 0 Å². The first kappa shape index (κ1) is 20.2. The van der Waals surface area contributed by atoms with E-state index in [4.69, 9.17) is 4.74 Å². The van der Waals surface area contributed by atoms with E-state index in [1.54, 1.807) is 0 Å². The van der Waals surface area contributed by atoms with E-state index in [-0.39, 0.29) is 41.3 Å². The summed E-state index contributed by atoms with van der Waals surface area (Å²) < 4.78 is 5.32. The number of aliphatic hydroxyl groups is 2. The lowest BCUT2D eigenvalue weighted by Gasteiger charge is -2.60. The molecule has 0 bridgehead atoms. The van der Waals surface area contributed by atoms with Crippen LogP contribution in [0.15, 0.2) is 11.6 Å². The molecule has 3 saturated carbocycles. The molecule has 0 aliphatic heterocycles. The predicted molar refractivity (Wildman–Crippen MR) is 105 cm³/mol. The van der Waals surface area contributed by atoms with Crippen LogP contribution in [0.25, 0.3) is 0 Å². The number of fused-ring (bicyclic) bond motifs is 5. The van der Waals surface area contributed by atoms with Crippen LogP contribution < -0.4 is 0 Å². The molecule has 4 rings (SSSR count). The van der Waals surface area contributed by atoms with Crippen molar-refractivity contribution in [1.82, 2.24) is 0 Å². The SMILES string of the molecule is CCOCC(=O)[C@@]1(O)CC[C@H]2[C@@H]3CCC4=CC(=O)CC[C@]4(C)[C@H]3[C@@H](O)C[C@@]21C. The molecule has 4 aliphatic carbocycles. The van der Waals surface area contributed by atoms with Crippen LogP contribution in [0.5, 0.6) is 0 Å². The molecule has 0 aromatic carbocycles. The summed E-state index contributed by atoms with van der Waals surface area (Å²) in [7, 11) is 0. The summed E-state index contributed by atoms with van der Waals surface area (Å²) in [4.78, 5) is 24.8. The monoisotopic (exact) mass is 390 g/mol. The van der Waals surface area contributed by atoms with Gasteiger partial charge in [-0.3, -0.25) is 9.59 Å². The number of allylic oxidation sites excluding steroid dienone is 1. The number of hydrogen-bond donors (Lipinski definition) is 2. The van der Waals surface area contributed by atoms with E-state index in [2.05, 4.69) is 6.92 Å². The van der Waals surface area contributed by atoms with Crippen LogP contribution in [0.4, 0.5) is 0 Å². The fraction of sp³-hybridized carbons (Fsp3) is 0.826. The van der Waals surface area contributed by atoms with Gasteiger partial charge < -0.3 is 14.9 Å². The minimum absolute atomic E-state index is 0.0633. The van der Waals surface area contributed by atoms with Gasteiger partial charge in [-0.25, -0.2) is 0 Å². The number of rotatable bonds is 4. The van der Waals surface area contributed by atoms with Crippen molar-refractivity contribution in [2.75, 3.05) is 13.2 Å². The van der Waals surface area contributed by atoms with E-state index in [0.29, 0.717) is 25.9 Å². The van der Waals surface area contributed by atoms with Crippen molar-refractivity contribution in [2.45, 2.75) is 77.4 Å². The quantitative estimate of drug-likeness (QED) is 0.771. The zero-order valence-electron chi connectivity index (χ0n) is 17.4. The van der Waals surface area contributed by atoms with E-state index in [9.17, 15) is 19.8 Å². The summed E-state index contributed by atoms with van der Waals surface area (Å²) in [6, 6.07) is 0. The van der Waals surface area contributed by atoms with E-state index >= 15 is 0 Å². The third-order valence-corrected chi connectivity index (χ3v) is 8.95. The van der Waals surface area contributed by atoms with Crippen LogP contribution in [0.3, 0.4) is 0 Å². The van der Waals surface area contributed by atoms with Crippen molar-refractivity contribution in [3.63, 3.8) is 0 Å². The van der Waals surface area contributed by atoms with Crippen molar-refractivity contribution in [2.24, 2.45) is 28.6 Å². The number of Topliss-reactive ketones (excluding diaryl/α,β-unsaturated/α-hetero) is 1. The van der Waals surface area contributed by atoms with Gasteiger partial charge in [-0.15, -0.1) is 0 Å². The molecule has 0 radical (unpaired) electrons. The highest BCUT2D eigenvalue weighted by Crippen LogP contribution is 2.67. The van der Waals surface area contributed by atoms with Crippen molar-refractivity contribution in [3.05, 3.63) is 11.6 Å². The summed E-state index contributed by atoms with van der Waals surface area (Å²) in [6.45, 7) is 6.45. The normalized spacial score (nSPS) is 47.8. The Balaban J connectivity index is 1.67. The molecular formula is C23H34O5. The average molecular weight is 391 g/mol. The minimum Gasteiger partial charge on any atom is -0.393 e. The maximum absolute atomic E-state index is 12.9. The lowest BCUT2D eigenvalue weighted by molar-refractivity contribution is -0.183. The second kappa shape index (κ2) is 6.75. The number of carbonyl (C=O) groups excluding carboxylic acids is 2. The standard InChI is InChI=1S/C23H34O5/c1-4-28-13-19(26)23(27)10-8-17-16-6-5-14-11-15(24)7-9-21(14,2)20(16)18(25)12-22(17,23)3/h11,16-18,20,25,27H,4-10,12-13H2,1-3H3/t16-,17-,18-,20+,21-,22-,23-/m0/s1. The number of carbonyl (C=O) groups is 2. The predicted octanol–water partition coefficient (Wildman–Crippen LogP) is 2.83. The average Bonchev–Trinajstić information content (AvgIpc) is 2.92. The topological polar surface area (TPSA) is 83.8 Å². The smallest absolute Gasteiger partial charge is 0.190 e. The molecule has 0 unspecified atom stereocenters. The third-order valence-electron chi connectivity index (χ3n) is 8.95. The summed E-state index contributed by atoms with van der Waals surface area (Å²) in [5, 5.41) is 22.8. The minimum atomic E-state index is -1.42. The number of ether oxygens (including phenoxy) is 1. The van der Waals surface area contributed by atoms with E-state index < -0.39 is 17.1 Å². The number of ketones is 2. The van der Waals surface area contributed by atoms with Crippen LogP contribution in [-0.2, 0) is 14.3 Å². The Labute approximate surface area is 167 Å². The second-order valence-electron chi connectivity index (χ2n) is 10.0. The largest absolute Gasteiger partial charge is 0.393 e. The highest BCUT2D eigenvalue weighted by atomic mass is 16.5. The molecule has 3 fully saturated rings. The lowest BCUT2D eigenvalue weighted by atomic mass is 9.45. The molecule has 0 aromatic heterocycles. The van der Waals surface area contributed by atoms with Crippen molar-refractivity contribution >= 4 is 11.6 Å². The van der Waals surface area contributed by atoms with Crippen LogP contribution in [0.1, 0.15) is 65.7 Å². The molecule has 5 nitrogen and oxygen atoms in total. The van der Waals surface area contributed by atoms with Crippen LogP contribution >= 0.6 is 0 Å². The summed E-state index contributed by atoms with van der Waals surface area (Å²) in [6.07, 6.45) is 6.11. The zero-order chi connectivity index (χ0) is 20.3. The molecule has 0 heterocycles. The second-order valence-corrected chi connectivity index (χ2v) is 10.0. The van der Waals surface area contributed by atoms with Gasteiger partial charge in [0, 0.05) is 18.4 Å². The van der Waals surface area contributed by atoms with Crippen LogP contribution in [0.2, 0.25) is 0 Å². The Bertz CT molecular complexity index is 714. The maximum Gasteiger partial charge on any atom is 0.190 e. The molecule has 0 aromatic rings. The van der Waals surface area contributed by atoms with E-state index in [1.807, 2.05) is 19.9 Å². The van der Waals surface area contributed by atoms with Gasteiger partial charge >= 0.3 is 0 Å². The third kappa shape index (κ3) is 2.62. The van der Waals surface area contributed by atoms with Gasteiger partial charge in [-0.05, 0) is 74.7 Å². The molecule has 2 N–H and O–H groups in total. The Morgan fingerprint density at radius 3 is 2.71 bits per heavy atom. The van der Waals surface area contributed by atoms with Gasteiger partial charge in [-0.2, -0.15) is 0 Å². The zero-order valence-corrected chi connectivity index (χ0v) is 17.4. The van der Waals surface area contributed by atoms with Gasteiger partial charge in [0.15, 0.2) is 11.6 Å². The van der Waals surface area contributed by atoms with E-state index in [1.165, 1.54) is 5.57 Å². The first-order chi connectivity index (χ1) is 13.2. The molecule has 7 atom stereocenters. The Kier molecular flexibility index (Phi) is 4.88. The van der Waals surface area contributed by atoms with Crippen LogP contribution in [0, 0.1) is 28.6 Å².